The second-order valence-corrected chi connectivity index (χ2v) is 10.6. The van der Waals surface area contributed by atoms with Crippen molar-refractivity contribution in [2.24, 2.45) is 5.92 Å². The van der Waals surface area contributed by atoms with Crippen LogP contribution in [0.1, 0.15) is 53.2 Å². The van der Waals surface area contributed by atoms with Gasteiger partial charge >= 0.3 is 6.18 Å². The second kappa shape index (κ2) is 11.3. The molecule has 1 aliphatic carbocycles. The summed E-state index contributed by atoms with van der Waals surface area (Å²) >= 11 is 0. The average Bonchev–Trinajstić information content (AvgIpc) is 3.70. The lowest BCUT2D eigenvalue weighted by molar-refractivity contribution is -0.141. The second-order valence-electron chi connectivity index (χ2n) is 10.6. The highest BCUT2D eigenvalue weighted by molar-refractivity contribution is 5.83. The van der Waals surface area contributed by atoms with Gasteiger partial charge in [0, 0.05) is 5.69 Å². The van der Waals surface area contributed by atoms with E-state index in [1.54, 1.807) is 18.2 Å². The van der Waals surface area contributed by atoms with Crippen molar-refractivity contribution in [3.8, 4) is 11.8 Å². The van der Waals surface area contributed by atoms with Gasteiger partial charge in [-0.15, -0.1) is 0 Å². The lowest BCUT2D eigenvalue weighted by Crippen LogP contribution is -2.24. The first kappa shape index (κ1) is 27.5. The van der Waals surface area contributed by atoms with E-state index in [0.29, 0.717) is 11.6 Å². The van der Waals surface area contributed by atoms with Crippen molar-refractivity contribution in [2.45, 2.75) is 31.3 Å². The number of nitriles is 1. The van der Waals surface area contributed by atoms with Crippen molar-refractivity contribution < 1.29 is 18.3 Å². The van der Waals surface area contributed by atoms with Crippen molar-refractivity contribution in [2.75, 3.05) is 11.9 Å². The molecule has 0 saturated heterocycles. The van der Waals surface area contributed by atoms with E-state index in [1.165, 1.54) is 25.0 Å². The van der Waals surface area contributed by atoms with Gasteiger partial charge in [0.15, 0.2) is 11.9 Å². The minimum atomic E-state index is -4.72. The molecule has 6 rings (SSSR count). The first-order chi connectivity index (χ1) is 20.3. The highest BCUT2D eigenvalue weighted by Crippen LogP contribution is 2.34. The normalized spacial score (nSPS) is 14.8. The standard InChI is InChI=1S/C33H28F3N5O/c34-33(35,36)30-18-29(41(40-30)28-10-3-5-22(15-28)19-37)32(42)39-27-9-4-8-25(17-27)31(38-20-21-11-12-21)26-14-13-23-6-1-2-7-24(23)16-26/h1-10,13-18,21,31-32,38-39,42H,11-12,20H2. The molecular formula is C33H28F3N5O. The molecule has 0 spiro atoms. The Morgan fingerprint density at radius 1 is 0.905 bits per heavy atom. The van der Waals surface area contributed by atoms with Crippen LogP contribution < -0.4 is 10.6 Å². The maximum atomic E-state index is 13.6. The van der Waals surface area contributed by atoms with Gasteiger partial charge in [0.2, 0.25) is 0 Å². The zero-order valence-corrected chi connectivity index (χ0v) is 22.5. The number of aromatic nitrogens is 2. The number of hydrogen-bond donors (Lipinski definition) is 3. The molecule has 1 aromatic heterocycles. The van der Waals surface area contributed by atoms with E-state index in [0.717, 1.165) is 39.2 Å². The molecule has 1 aliphatic rings. The molecular weight excluding hydrogens is 539 g/mol. The van der Waals surface area contributed by atoms with E-state index in [2.05, 4.69) is 46.1 Å². The maximum absolute atomic E-state index is 13.6. The number of nitrogens with zero attached hydrogens (tertiary/aromatic N) is 3. The fraction of sp³-hybridized carbons (Fsp3) is 0.212. The number of aliphatic hydroxyl groups excluding tert-OH is 1. The van der Waals surface area contributed by atoms with Crippen LogP contribution in [-0.4, -0.2) is 21.4 Å². The molecule has 9 heteroatoms. The van der Waals surface area contributed by atoms with Crippen LogP contribution in [0.25, 0.3) is 16.5 Å². The van der Waals surface area contributed by atoms with Crippen LogP contribution in [0.5, 0.6) is 0 Å². The average molecular weight is 568 g/mol. The van der Waals surface area contributed by atoms with Gasteiger partial charge in [-0.25, -0.2) is 4.68 Å². The Balaban J connectivity index is 1.32. The van der Waals surface area contributed by atoms with Gasteiger partial charge in [-0.1, -0.05) is 54.6 Å². The van der Waals surface area contributed by atoms with E-state index in [9.17, 15) is 23.5 Å². The summed E-state index contributed by atoms with van der Waals surface area (Å²) in [4.78, 5) is 0. The van der Waals surface area contributed by atoms with Gasteiger partial charge in [-0.3, -0.25) is 0 Å². The van der Waals surface area contributed by atoms with Crippen LogP contribution in [0.3, 0.4) is 0 Å². The summed E-state index contributed by atoms with van der Waals surface area (Å²) in [7, 11) is 0. The quantitative estimate of drug-likeness (QED) is 0.165. The summed E-state index contributed by atoms with van der Waals surface area (Å²) in [6.45, 7) is 0.874. The number of hydrogen-bond acceptors (Lipinski definition) is 5. The Morgan fingerprint density at radius 3 is 2.43 bits per heavy atom. The number of benzene rings is 4. The molecule has 0 amide bonds. The predicted molar refractivity (Wildman–Crippen MR) is 155 cm³/mol. The van der Waals surface area contributed by atoms with Crippen LogP contribution >= 0.6 is 0 Å². The van der Waals surface area contributed by atoms with E-state index in [1.807, 2.05) is 36.4 Å². The smallest absolute Gasteiger partial charge is 0.368 e. The Kier molecular flexibility index (Phi) is 7.42. The topological polar surface area (TPSA) is 85.9 Å². The molecule has 0 bridgehead atoms. The van der Waals surface area contributed by atoms with Crippen molar-refractivity contribution in [1.82, 2.24) is 15.1 Å². The van der Waals surface area contributed by atoms with Crippen molar-refractivity contribution in [3.05, 3.63) is 125 Å². The molecule has 1 heterocycles. The molecule has 4 aromatic carbocycles. The summed E-state index contributed by atoms with van der Waals surface area (Å²) in [6, 6.07) is 30.8. The van der Waals surface area contributed by atoms with Crippen LogP contribution in [0.15, 0.2) is 97.1 Å². The third kappa shape index (κ3) is 6.00. The highest BCUT2D eigenvalue weighted by atomic mass is 19.4. The Labute approximate surface area is 241 Å². The van der Waals surface area contributed by atoms with Crippen LogP contribution in [0.4, 0.5) is 18.9 Å². The van der Waals surface area contributed by atoms with E-state index in [-0.39, 0.29) is 23.0 Å². The molecule has 2 atom stereocenters. The number of anilines is 1. The van der Waals surface area contributed by atoms with Gasteiger partial charge in [0.25, 0.3) is 0 Å². The molecule has 0 aliphatic heterocycles. The minimum absolute atomic E-state index is 0.110. The van der Waals surface area contributed by atoms with E-state index < -0.39 is 18.1 Å². The lowest BCUT2D eigenvalue weighted by Gasteiger charge is -2.22. The molecule has 6 nitrogen and oxygen atoms in total. The van der Waals surface area contributed by atoms with E-state index in [4.69, 9.17) is 0 Å². The van der Waals surface area contributed by atoms with Gasteiger partial charge in [-0.2, -0.15) is 23.5 Å². The maximum Gasteiger partial charge on any atom is 0.435 e. The highest BCUT2D eigenvalue weighted by Gasteiger charge is 2.36. The first-order valence-electron chi connectivity index (χ1n) is 13.7. The monoisotopic (exact) mass is 567 g/mol. The lowest BCUT2D eigenvalue weighted by atomic mass is 9.95. The largest absolute Gasteiger partial charge is 0.435 e. The molecule has 1 fully saturated rings. The van der Waals surface area contributed by atoms with Crippen LogP contribution in [0, 0.1) is 17.2 Å². The summed E-state index contributed by atoms with van der Waals surface area (Å²) in [5, 5.41) is 33.1. The molecule has 0 radical (unpaired) electrons. The van der Waals surface area contributed by atoms with Gasteiger partial charge < -0.3 is 15.7 Å². The predicted octanol–water partition coefficient (Wildman–Crippen LogP) is 7.11. The van der Waals surface area contributed by atoms with Crippen molar-refractivity contribution >= 4 is 16.5 Å². The zero-order chi connectivity index (χ0) is 29.3. The molecule has 1 saturated carbocycles. The van der Waals surface area contributed by atoms with Gasteiger partial charge in [0.05, 0.1) is 29.1 Å². The number of aliphatic hydroxyl groups is 1. The summed E-state index contributed by atoms with van der Waals surface area (Å²) in [5.41, 5.74) is 1.82. The first-order valence-corrected chi connectivity index (χ1v) is 13.7. The fourth-order valence-corrected chi connectivity index (χ4v) is 5.10. The SMILES string of the molecule is N#Cc1cccc(-n2nc(C(F)(F)F)cc2C(O)Nc2cccc(C(NCC3CC3)c3ccc4ccccc4c3)c2)c1. The molecule has 212 valence electrons. The van der Waals surface area contributed by atoms with E-state index >= 15 is 0 Å². The number of halogens is 3. The minimum Gasteiger partial charge on any atom is -0.368 e. The van der Waals surface area contributed by atoms with Crippen LogP contribution in [-0.2, 0) is 6.18 Å². The summed E-state index contributed by atoms with van der Waals surface area (Å²) < 4.78 is 41.9. The van der Waals surface area contributed by atoms with Gasteiger partial charge in [-0.05, 0) is 89.7 Å². The fourth-order valence-electron chi connectivity index (χ4n) is 5.10. The Hall–Kier alpha value is -4.65. The molecule has 5 aromatic rings. The summed E-state index contributed by atoms with van der Waals surface area (Å²) in [5.74, 6) is 0.652. The third-order valence-electron chi connectivity index (χ3n) is 7.47. The zero-order valence-electron chi connectivity index (χ0n) is 22.5. The molecule has 42 heavy (non-hydrogen) atoms. The van der Waals surface area contributed by atoms with Gasteiger partial charge in [0.1, 0.15) is 0 Å². The Bertz CT molecular complexity index is 1770. The summed E-state index contributed by atoms with van der Waals surface area (Å²) in [6.07, 6.45) is -3.83. The van der Waals surface area contributed by atoms with Crippen molar-refractivity contribution in [1.29, 1.82) is 5.26 Å². The number of rotatable bonds is 9. The number of alkyl halides is 3. The number of fused-ring (bicyclic) bond motifs is 1. The third-order valence-corrected chi connectivity index (χ3v) is 7.47. The van der Waals surface area contributed by atoms with Crippen molar-refractivity contribution in [3.63, 3.8) is 0 Å². The Morgan fingerprint density at radius 2 is 1.67 bits per heavy atom. The van der Waals surface area contributed by atoms with Crippen LogP contribution in [0.2, 0.25) is 0 Å². The number of nitrogens with one attached hydrogen (secondary N) is 2. The molecule has 3 N–H and O–H groups in total. The molecule has 2 unspecified atom stereocenters.